The summed E-state index contributed by atoms with van der Waals surface area (Å²) in [5.74, 6) is 0. The fourth-order valence-corrected chi connectivity index (χ4v) is 1.48. The molecule has 1 aromatic carbocycles. The van der Waals surface area contributed by atoms with E-state index in [1.165, 1.54) is 5.56 Å². The van der Waals surface area contributed by atoms with Gasteiger partial charge in [-0.25, -0.2) is 8.78 Å². The Kier molecular flexibility index (Phi) is 5.96. The summed E-state index contributed by atoms with van der Waals surface area (Å²) >= 11 is 0. The zero-order valence-corrected chi connectivity index (χ0v) is 9.20. The van der Waals surface area contributed by atoms with Crippen molar-refractivity contribution in [3.63, 3.8) is 0 Å². The maximum absolute atomic E-state index is 11.8. The van der Waals surface area contributed by atoms with Gasteiger partial charge < -0.3 is 11.1 Å². The van der Waals surface area contributed by atoms with Crippen LogP contribution in [0, 0.1) is 0 Å². The van der Waals surface area contributed by atoms with Gasteiger partial charge in [0.05, 0.1) is 6.54 Å². The molecule has 0 radical (unpaired) electrons. The molecule has 1 unspecified atom stereocenters. The number of alkyl halides is 2. The van der Waals surface area contributed by atoms with Gasteiger partial charge in [-0.2, -0.15) is 0 Å². The van der Waals surface area contributed by atoms with Crippen molar-refractivity contribution in [3.05, 3.63) is 35.9 Å². The Labute approximate surface area is 94.8 Å². The lowest BCUT2D eigenvalue weighted by atomic mass is 10.1. The second kappa shape index (κ2) is 7.30. The molecule has 0 spiro atoms. The number of hydrogen-bond donors (Lipinski definition) is 2. The van der Waals surface area contributed by atoms with E-state index < -0.39 is 6.43 Å². The van der Waals surface area contributed by atoms with Crippen LogP contribution in [-0.2, 0) is 6.42 Å². The molecular weight excluding hydrogens is 210 g/mol. The van der Waals surface area contributed by atoms with Crippen LogP contribution in [-0.4, -0.2) is 25.6 Å². The molecule has 0 fully saturated rings. The molecule has 90 valence electrons. The molecule has 0 aliphatic carbocycles. The van der Waals surface area contributed by atoms with Gasteiger partial charge in [0.2, 0.25) is 0 Å². The Morgan fingerprint density at radius 3 is 2.44 bits per heavy atom. The first-order valence-corrected chi connectivity index (χ1v) is 5.47. The summed E-state index contributed by atoms with van der Waals surface area (Å²) < 4.78 is 23.7. The minimum atomic E-state index is -2.30. The lowest BCUT2D eigenvalue weighted by molar-refractivity contribution is 0.145. The molecule has 0 heterocycles. The third-order valence-corrected chi connectivity index (χ3v) is 2.35. The highest BCUT2D eigenvalue weighted by Crippen LogP contribution is 2.03. The van der Waals surface area contributed by atoms with Crippen LogP contribution in [0.25, 0.3) is 0 Å². The van der Waals surface area contributed by atoms with Crippen LogP contribution in [0.2, 0.25) is 0 Å². The van der Waals surface area contributed by atoms with Gasteiger partial charge in [0.1, 0.15) is 0 Å². The molecule has 4 heteroatoms. The number of halogens is 2. The molecule has 16 heavy (non-hydrogen) atoms. The van der Waals surface area contributed by atoms with Gasteiger partial charge in [-0.1, -0.05) is 30.3 Å². The minimum Gasteiger partial charge on any atom is -0.327 e. The summed E-state index contributed by atoms with van der Waals surface area (Å²) in [5.41, 5.74) is 7.03. The first-order valence-electron chi connectivity index (χ1n) is 5.47. The predicted octanol–water partition coefficient (Wildman–Crippen LogP) is 1.80. The van der Waals surface area contributed by atoms with Gasteiger partial charge in [0.25, 0.3) is 6.43 Å². The van der Waals surface area contributed by atoms with E-state index in [0.717, 1.165) is 12.8 Å². The van der Waals surface area contributed by atoms with Crippen LogP contribution < -0.4 is 11.1 Å². The Hall–Kier alpha value is -1.00. The van der Waals surface area contributed by atoms with Crippen molar-refractivity contribution in [2.24, 2.45) is 5.73 Å². The number of aryl methyl sites for hydroxylation is 1. The standard InChI is InChI=1S/C12H18F2N2/c13-12(14)9-16-8-11(15)7-6-10-4-2-1-3-5-10/h1-5,11-12,16H,6-9,15H2. The van der Waals surface area contributed by atoms with Crippen LogP contribution in [0.4, 0.5) is 8.78 Å². The fourth-order valence-electron chi connectivity index (χ4n) is 1.48. The molecule has 0 amide bonds. The number of hydrogen-bond acceptors (Lipinski definition) is 2. The van der Waals surface area contributed by atoms with Crippen molar-refractivity contribution >= 4 is 0 Å². The predicted molar refractivity (Wildman–Crippen MR) is 61.6 cm³/mol. The first kappa shape index (κ1) is 13.1. The molecule has 0 saturated carbocycles. The van der Waals surface area contributed by atoms with Crippen molar-refractivity contribution in [2.75, 3.05) is 13.1 Å². The summed E-state index contributed by atoms with van der Waals surface area (Å²) in [7, 11) is 0. The zero-order valence-electron chi connectivity index (χ0n) is 9.20. The van der Waals surface area contributed by atoms with Crippen LogP contribution in [0.3, 0.4) is 0 Å². The van der Waals surface area contributed by atoms with Crippen molar-refractivity contribution in [1.29, 1.82) is 0 Å². The van der Waals surface area contributed by atoms with Crippen molar-refractivity contribution in [3.8, 4) is 0 Å². The molecule has 0 saturated heterocycles. The average molecular weight is 228 g/mol. The molecule has 0 bridgehead atoms. The van der Waals surface area contributed by atoms with Crippen molar-refractivity contribution in [2.45, 2.75) is 25.3 Å². The van der Waals surface area contributed by atoms with Crippen molar-refractivity contribution in [1.82, 2.24) is 5.32 Å². The lowest BCUT2D eigenvalue weighted by Crippen LogP contribution is -2.36. The van der Waals surface area contributed by atoms with E-state index in [-0.39, 0.29) is 12.6 Å². The second-order valence-electron chi connectivity index (χ2n) is 3.83. The van der Waals surface area contributed by atoms with Crippen molar-refractivity contribution < 1.29 is 8.78 Å². The van der Waals surface area contributed by atoms with Crippen LogP contribution in [0.1, 0.15) is 12.0 Å². The lowest BCUT2D eigenvalue weighted by Gasteiger charge is -2.12. The fraction of sp³-hybridized carbons (Fsp3) is 0.500. The first-order chi connectivity index (χ1) is 7.68. The zero-order chi connectivity index (χ0) is 11.8. The van der Waals surface area contributed by atoms with Gasteiger partial charge >= 0.3 is 0 Å². The summed E-state index contributed by atoms with van der Waals surface area (Å²) in [5, 5.41) is 2.65. The molecule has 3 N–H and O–H groups in total. The van der Waals surface area contributed by atoms with E-state index in [9.17, 15) is 8.78 Å². The summed E-state index contributed by atoms with van der Waals surface area (Å²) in [4.78, 5) is 0. The Morgan fingerprint density at radius 2 is 1.81 bits per heavy atom. The Bertz CT molecular complexity index is 278. The van der Waals surface area contributed by atoms with Crippen LogP contribution in [0.15, 0.2) is 30.3 Å². The highest BCUT2D eigenvalue weighted by Gasteiger charge is 2.05. The maximum atomic E-state index is 11.8. The highest BCUT2D eigenvalue weighted by molar-refractivity contribution is 5.14. The Balaban J connectivity index is 2.13. The number of benzene rings is 1. The van der Waals surface area contributed by atoms with Gasteiger partial charge in [-0.15, -0.1) is 0 Å². The molecule has 0 aromatic heterocycles. The maximum Gasteiger partial charge on any atom is 0.250 e. The SMILES string of the molecule is NC(CCc1ccccc1)CNCC(F)F. The monoisotopic (exact) mass is 228 g/mol. The van der Waals surface area contributed by atoms with E-state index in [0.29, 0.717) is 6.54 Å². The topological polar surface area (TPSA) is 38.0 Å². The van der Waals surface area contributed by atoms with Gasteiger partial charge in [0.15, 0.2) is 0 Å². The average Bonchev–Trinajstić information content (AvgIpc) is 2.27. The third-order valence-electron chi connectivity index (χ3n) is 2.35. The summed E-state index contributed by atoms with van der Waals surface area (Å²) in [6.45, 7) is 0.163. The van der Waals surface area contributed by atoms with E-state index in [4.69, 9.17) is 5.73 Å². The van der Waals surface area contributed by atoms with Crippen LogP contribution in [0.5, 0.6) is 0 Å². The molecule has 1 atom stereocenters. The number of nitrogens with one attached hydrogen (secondary N) is 1. The largest absolute Gasteiger partial charge is 0.327 e. The van der Waals surface area contributed by atoms with Crippen LogP contribution >= 0.6 is 0 Å². The molecule has 0 aliphatic heterocycles. The molecular formula is C12H18F2N2. The normalized spacial score (nSPS) is 13.0. The number of rotatable bonds is 7. The highest BCUT2D eigenvalue weighted by atomic mass is 19.3. The van der Waals surface area contributed by atoms with Gasteiger partial charge in [0, 0.05) is 12.6 Å². The molecule has 1 rings (SSSR count). The Morgan fingerprint density at radius 1 is 1.12 bits per heavy atom. The number of nitrogens with two attached hydrogens (primary N) is 1. The smallest absolute Gasteiger partial charge is 0.250 e. The molecule has 1 aromatic rings. The summed E-state index contributed by atoms with van der Waals surface area (Å²) in [6.07, 6.45) is -0.611. The van der Waals surface area contributed by atoms with E-state index in [2.05, 4.69) is 5.32 Å². The van der Waals surface area contributed by atoms with E-state index >= 15 is 0 Å². The third kappa shape index (κ3) is 5.78. The summed E-state index contributed by atoms with van der Waals surface area (Å²) in [6, 6.07) is 9.94. The molecule has 2 nitrogen and oxygen atoms in total. The van der Waals surface area contributed by atoms with E-state index in [1.54, 1.807) is 0 Å². The van der Waals surface area contributed by atoms with Gasteiger partial charge in [-0.3, -0.25) is 0 Å². The quantitative estimate of drug-likeness (QED) is 0.747. The molecule has 0 aliphatic rings. The minimum absolute atomic E-state index is 0.0704. The van der Waals surface area contributed by atoms with Gasteiger partial charge in [-0.05, 0) is 18.4 Å². The second-order valence-corrected chi connectivity index (χ2v) is 3.83. The van der Waals surface area contributed by atoms with E-state index in [1.807, 2.05) is 30.3 Å².